The van der Waals surface area contributed by atoms with Crippen LogP contribution in [0.15, 0.2) is 11.6 Å². The maximum atomic E-state index is 13.0. The summed E-state index contributed by atoms with van der Waals surface area (Å²) < 4.78 is 0. The van der Waals surface area contributed by atoms with Gasteiger partial charge < -0.3 is 15.3 Å². The topological polar surface area (TPSA) is 77.8 Å². The third-order valence-corrected chi connectivity index (χ3v) is 13.2. The Balaban J connectivity index is 1.59. The van der Waals surface area contributed by atoms with Gasteiger partial charge in [0.15, 0.2) is 5.78 Å². The van der Waals surface area contributed by atoms with Crippen molar-refractivity contribution >= 4 is 5.78 Å². The van der Waals surface area contributed by atoms with Crippen molar-refractivity contribution in [1.29, 1.82) is 0 Å². The molecular formula is C30H48O4. The summed E-state index contributed by atoms with van der Waals surface area (Å²) in [5.74, 6) is 1.10. The van der Waals surface area contributed by atoms with Gasteiger partial charge in [0.2, 0.25) is 0 Å². The lowest BCUT2D eigenvalue weighted by Crippen LogP contribution is -2.66. The predicted octanol–water partition coefficient (Wildman–Crippen LogP) is 5.29. The van der Waals surface area contributed by atoms with Gasteiger partial charge in [-0.15, -0.1) is 0 Å². The fourth-order valence-corrected chi connectivity index (χ4v) is 10.5. The van der Waals surface area contributed by atoms with E-state index in [-0.39, 0.29) is 40.0 Å². The minimum Gasteiger partial charge on any atom is -0.396 e. The summed E-state index contributed by atoms with van der Waals surface area (Å²) in [5, 5.41) is 32.5. The zero-order chi connectivity index (χ0) is 25.1. The number of rotatable bonds is 1. The molecule has 0 amide bonds. The molecule has 34 heavy (non-hydrogen) atoms. The fourth-order valence-electron chi connectivity index (χ4n) is 10.5. The van der Waals surface area contributed by atoms with Crippen molar-refractivity contribution in [2.75, 3.05) is 6.61 Å². The normalized spacial score (nSPS) is 56.5. The molecule has 0 heterocycles. The minimum absolute atomic E-state index is 0.0208. The standard InChI is InChI=1S/C30H48O4/c1-25(2)16-19-18-8-9-21-27(4)12-11-22(32)28(5,17-31)20(27)10-13-30(21,7)29(18,6)15-14-26(19,3)24(34)23(25)33/h8,19-22,24,31-32,34H,9-17H2,1-7H3/t19-,20+,21+,22-,24+,26+,27-,28+,29+,30+/m0/s1. The number of Topliss-reactive ketones (excluding diaryl/α,β-unsaturated/α-hetero) is 1. The number of allylic oxidation sites excluding steroid dienone is 2. The van der Waals surface area contributed by atoms with E-state index in [1.54, 1.807) is 0 Å². The Labute approximate surface area is 206 Å². The van der Waals surface area contributed by atoms with Crippen LogP contribution in [-0.4, -0.2) is 39.9 Å². The van der Waals surface area contributed by atoms with Crippen molar-refractivity contribution in [1.82, 2.24) is 0 Å². The smallest absolute Gasteiger partial charge is 0.167 e. The lowest BCUT2D eigenvalue weighted by molar-refractivity contribution is -0.217. The van der Waals surface area contributed by atoms with Crippen LogP contribution in [0.4, 0.5) is 0 Å². The molecule has 5 rings (SSSR count). The van der Waals surface area contributed by atoms with Gasteiger partial charge in [-0.25, -0.2) is 0 Å². The minimum atomic E-state index is -0.879. The van der Waals surface area contributed by atoms with Crippen LogP contribution in [0.2, 0.25) is 0 Å². The summed E-state index contributed by atoms with van der Waals surface area (Å²) >= 11 is 0. The lowest BCUT2D eigenvalue weighted by atomic mass is 9.33. The second-order valence-corrected chi connectivity index (χ2v) is 14.9. The van der Waals surface area contributed by atoms with Crippen LogP contribution < -0.4 is 0 Å². The van der Waals surface area contributed by atoms with E-state index in [4.69, 9.17) is 0 Å². The highest BCUT2D eigenvalue weighted by Gasteiger charge is 2.69. The molecule has 0 unspecified atom stereocenters. The first-order valence-electron chi connectivity index (χ1n) is 13.8. The Morgan fingerprint density at radius 3 is 2.21 bits per heavy atom. The highest BCUT2D eigenvalue weighted by Crippen LogP contribution is 2.75. The average Bonchev–Trinajstić information content (AvgIpc) is 2.77. The second-order valence-electron chi connectivity index (χ2n) is 14.9. The predicted molar refractivity (Wildman–Crippen MR) is 134 cm³/mol. The molecule has 4 heteroatoms. The molecular weight excluding hydrogens is 424 g/mol. The fraction of sp³-hybridized carbons (Fsp3) is 0.900. The summed E-state index contributed by atoms with van der Waals surface area (Å²) in [5.41, 5.74) is 0.509. The van der Waals surface area contributed by atoms with Crippen molar-refractivity contribution in [3.63, 3.8) is 0 Å². The van der Waals surface area contributed by atoms with Crippen molar-refractivity contribution in [2.45, 2.75) is 112 Å². The number of fused-ring (bicyclic) bond motifs is 7. The van der Waals surface area contributed by atoms with Crippen molar-refractivity contribution in [2.24, 2.45) is 50.2 Å². The molecule has 0 bridgehead atoms. The zero-order valence-corrected chi connectivity index (χ0v) is 22.6. The summed E-state index contributed by atoms with van der Waals surface area (Å²) in [6, 6.07) is 0. The second kappa shape index (κ2) is 7.19. The number of carbonyl (C=O) groups is 1. The molecule has 4 fully saturated rings. The van der Waals surface area contributed by atoms with Gasteiger partial charge in [-0.05, 0) is 85.4 Å². The maximum Gasteiger partial charge on any atom is 0.167 e. The lowest BCUT2D eigenvalue weighted by Gasteiger charge is -2.71. The number of aliphatic hydroxyl groups excluding tert-OH is 3. The summed E-state index contributed by atoms with van der Waals surface area (Å²) in [4.78, 5) is 13.0. The van der Waals surface area contributed by atoms with Gasteiger partial charge in [0.1, 0.15) is 6.10 Å². The largest absolute Gasteiger partial charge is 0.396 e. The molecule has 4 saturated carbocycles. The van der Waals surface area contributed by atoms with Gasteiger partial charge in [0.05, 0.1) is 12.7 Å². The molecule has 10 atom stereocenters. The number of carbonyl (C=O) groups excluding carboxylic acids is 1. The van der Waals surface area contributed by atoms with E-state index >= 15 is 0 Å². The van der Waals surface area contributed by atoms with Gasteiger partial charge in [-0.3, -0.25) is 4.79 Å². The van der Waals surface area contributed by atoms with Crippen LogP contribution in [0.5, 0.6) is 0 Å². The monoisotopic (exact) mass is 472 g/mol. The molecule has 0 radical (unpaired) electrons. The molecule has 5 aliphatic rings. The Bertz CT molecular complexity index is 923. The van der Waals surface area contributed by atoms with Crippen LogP contribution in [0.3, 0.4) is 0 Å². The first kappa shape index (κ1) is 25.0. The van der Waals surface area contributed by atoms with Crippen molar-refractivity contribution < 1.29 is 20.1 Å². The van der Waals surface area contributed by atoms with Crippen molar-refractivity contribution in [3.05, 3.63) is 11.6 Å². The van der Waals surface area contributed by atoms with Gasteiger partial charge in [-0.2, -0.15) is 0 Å². The van der Waals surface area contributed by atoms with E-state index in [1.165, 1.54) is 5.57 Å². The third kappa shape index (κ3) is 2.74. The molecule has 4 nitrogen and oxygen atoms in total. The molecule has 5 aliphatic carbocycles. The molecule has 3 N–H and O–H groups in total. The maximum absolute atomic E-state index is 13.0. The van der Waals surface area contributed by atoms with Gasteiger partial charge in [-0.1, -0.05) is 60.1 Å². The zero-order valence-electron chi connectivity index (χ0n) is 22.6. The quantitative estimate of drug-likeness (QED) is 0.453. The van der Waals surface area contributed by atoms with E-state index in [2.05, 4.69) is 40.7 Å². The molecule has 0 aromatic rings. The molecule has 0 aromatic heterocycles. The highest BCUT2D eigenvalue weighted by atomic mass is 16.3. The highest BCUT2D eigenvalue weighted by molar-refractivity contribution is 5.90. The Morgan fingerprint density at radius 1 is 0.882 bits per heavy atom. The molecule has 0 aliphatic heterocycles. The first-order valence-corrected chi connectivity index (χ1v) is 13.8. The number of hydrogen-bond acceptors (Lipinski definition) is 4. The molecule has 0 aromatic carbocycles. The van der Waals surface area contributed by atoms with Crippen LogP contribution in [0.1, 0.15) is 99.8 Å². The van der Waals surface area contributed by atoms with Crippen LogP contribution in [0.25, 0.3) is 0 Å². The van der Waals surface area contributed by atoms with Crippen LogP contribution in [0, 0.1) is 50.2 Å². The van der Waals surface area contributed by atoms with Gasteiger partial charge in [0, 0.05) is 16.2 Å². The number of hydrogen-bond donors (Lipinski definition) is 3. The molecule has 0 spiro atoms. The number of ketones is 1. The van der Waals surface area contributed by atoms with Crippen LogP contribution in [-0.2, 0) is 4.79 Å². The van der Waals surface area contributed by atoms with Crippen molar-refractivity contribution in [3.8, 4) is 0 Å². The molecule has 0 saturated heterocycles. The van der Waals surface area contributed by atoms with Gasteiger partial charge >= 0.3 is 0 Å². The van der Waals surface area contributed by atoms with E-state index in [9.17, 15) is 20.1 Å². The Morgan fingerprint density at radius 2 is 1.56 bits per heavy atom. The summed E-state index contributed by atoms with van der Waals surface area (Å²) in [7, 11) is 0. The third-order valence-electron chi connectivity index (χ3n) is 13.2. The van der Waals surface area contributed by atoms with E-state index in [0.29, 0.717) is 11.8 Å². The summed E-state index contributed by atoms with van der Waals surface area (Å²) in [6.45, 7) is 15.9. The Hall–Kier alpha value is -0.710. The summed E-state index contributed by atoms with van der Waals surface area (Å²) in [6.07, 6.45) is 8.95. The SMILES string of the molecule is CC1(C)C[C@H]2C3=CC[C@@H]4[C@@]5(C)CC[C@H](O)[C@](C)(CO)[C@@H]5CC[C@@]4(C)[C@]3(C)CC[C@@]2(C)[C@H](O)C1=O. The van der Waals surface area contributed by atoms with Crippen LogP contribution >= 0.6 is 0 Å². The Kier molecular flexibility index (Phi) is 5.28. The van der Waals surface area contributed by atoms with E-state index in [0.717, 1.165) is 51.4 Å². The molecule has 192 valence electrons. The number of aliphatic hydroxyl groups is 3. The van der Waals surface area contributed by atoms with E-state index in [1.807, 2.05) is 13.8 Å². The average molecular weight is 473 g/mol. The first-order chi connectivity index (χ1) is 15.6. The van der Waals surface area contributed by atoms with E-state index < -0.39 is 23.0 Å². The van der Waals surface area contributed by atoms with Gasteiger partial charge in [0.25, 0.3) is 0 Å².